The molecule has 2 amide bonds. The molecule has 1 saturated heterocycles. The van der Waals surface area contributed by atoms with Crippen molar-refractivity contribution in [2.75, 3.05) is 18.4 Å². The monoisotopic (exact) mass is 431 g/mol. The van der Waals surface area contributed by atoms with Crippen LogP contribution >= 0.6 is 0 Å². The molecular weight excluding hydrogens is 409 g/mol. The van der Waals surface area contributed by atoms with E-state index in [1.807, 2.05) is 30.3 Å². The Kier molecular flexibility index (Phi) is 5.18. The summed E-state index contributed by atoms with van der Waals surface area (Å²) >= 11 is 0. The summed E-state index contributed by atoms with van der Waals surface area (Å²) in [5.41, 5.74) is 1.94. The van der Waals surface area contributed by atoms with Crippen molar-refractivity contribution in [2.45, 2.75) is 19.4 Å². The average molecular weight is 431 g/mol. The fraction of sp³-hybridized carbons (Fsp3) is 0.208. The first-order valence-electron chi connectivity index (χ1n) is 10.6. The Morgan fingerprint density at radius 1 is 1.03 bits per heavy atom. The first-order valence-corrected chi connectivity index (χ1v) is 10.6. The summed E-state index contributed by atoms with van der Waals surface area (Å²) in [6, 6.07) is 16.8. The second kappa shape index (κ2) is 8.30. The van der Waals surface area contributed by atoms with Crippen molar-refractivity contribution in [1.82, 2.24) is 19.2 Å². The largest absolute Gasteiger partial charge is 0.325 e. The molecule has 1 fully saturated rings. The highest BCUT2D eigenvalue weighted by atomic mass is 19.1. The molecule has 0 atom stereocenters. The van der Waals surface area contributed by atoms with Gasteiger partial charge >= 0.3 is 6.03 Å². The molecule has 0 radical (unpaired) electrons. The van der Waals surface area contributed by atoms with Gasteiger partial charge in [-0.05, 0) is 60.9 Å². The van der Waals surface area contributed by atoms with Crippen LogP contribution in [0.2, 0.25) is 0 Å². The molecule has 7 nitrogen and oxygen atoms in total. The molecule has 1 aliphatic heterocycles. The summed E-state index contributed by atoms with van der Waals surface area (Å²) in [6.07, 6.45) is 3.86. The van der Waals surface area contributed by atoms with E-state index >= 15 is 0 Å². The van der Waals surface area contributed by atoms with Crippen LogP contribution in [0.4, 0.5) is 14.9 Å². The molecule has 1 N–H and O–H groups in total. The molecule has 3 heterocycles. The van der Waals surface area contributed by atoms with E-state index in [-0.39, 0.29) is 24.0 Å². The molecule has 0 bridgehead atoms. The number of benzene rings is 2. The number of amides is 2. The molecule has 2 aromatic heterocycles. The summed E-state index contributed by atoms with van der Waals surface area (Å²) in [7, 11) is 0. The number of carbonyl (C=O) groups is 1. The Morgan fingerprint density at radius 3 is 2.72 bits per heavy atom. The lowest BCUT2D eigenvalue weighted by atomic mass is 10.2. The Labute approximate surface area is 183 Å². The second-order valence-corrected chi connectivity index (χ2v) is 7.90. The van der Waals surface area contributed by atoms with Gasteiger partial charge in [-0.1, -0.05) is 12.1 Å². The van der Waals surface area contributed by atoms with Crippen LogP contribution in [-0.2, 0) is 6.54 Å². The highest BCUT2D eigenvalue weighted by Gasteiger charge is 2.17. The number of likely N-dealkylation sites (tertiary alicyclic amines) is 1. The molecule has 2 aromatic carbocycles. The number of hydrogen-bond donors (Lipinski definition) is 1. The highest BCUT2D eigenvalue weighted by molar-refractivity contribution is 5.89. The number of carbonyl (C=O) groups excluding carboxylic acids is 1. The minimum absolute atomic E-state index is 0.108. The standard InChI is InChI=1S/C24H22FN5O2/c25-19-7-6-18-10-13-29(21(18)15-19)22-8-9-23(31)30(27-22)16-17-4-3-5-20(14-17)26-24(32)28-11-1-2-12-28/h3-10,13-15H,1-2,11-12,16H2,(H,26,32). The van der Waals surface area contributed by atoms with Crippen LogP contribution in [-0.4, -0.2) is 38.4 Å². The Hall–Kier alpha value is -3.94. The van der Waals surface area contributed by atoms with Gasteiger partial charge in [0.2, 0.25) is 0 Å². The number of nitrogens with one attached hydrogen (secondary N) is 1. The lowest BCUT2D eigenvalue weighted by molar-refractivity contribution is 0.222. The van der Waals surface area contributed by atoms with Gasteiger partial charge in [0.25, 0.3) is 5.56 Å². The fourth-order valence-electron chi connectivity index (χ4n) is 4.02. The van der Waals surface area contributed by atoms with Gasteiger partial charge in [-0.3, -0.25) is 9.36 Å². The molecule has 32 heavy (non-hydrogen) atoms. The van der Waals surface area contributed by atoms with E-state index in [0.29, 0.717) is 17.0 Å². The molecule has 0 unspecified atom stereocenters. The highest BCUT2D eigenvalue weighted by Crippen LogP contribution is 2.20. The summed E-state index contributed by atoms with van der Waals surface area (Å²) in [5, 5.41) is 8.30. The number of nitrogens with zero attached hydrogens (tertiary/aromatic N) is 4. The van der Waals surface area contributed by atoms with Crippen LogP contribution in [0.1, 0.15) is 18.4 Å². The zero-order valence-corrected chi connectivity index (χ0v) is 17.4. The number of urea groups is 1. The van der Waals surface area contributed by atoms with E-state index in [4.69, 9.17) is 0 Å². The molecule has 1 aliphatic rings. The van der Waals surface area contributed by atoms with Gasteiger partial charge in [0.05, 0.1) is 12.1 Å². The van der Waals surface area contributed by atoms with E-state index in [0.717, 1.165) is 36.9 Å². The van der Waals surface area contributed by atoms with Crippen LogP contribution in [0, 0.1) is 5.82 Å². The molecule has 0 saturated carbocycles. The number of halogens is 1. The molecule has 5 rings (SSSR count). The quantitative estimate of drug-likeness (QED) is 0.531. The van der Waals surface area contributed by atoms with Crippen LogP contribution in [0.5, 0.6) is 0 Å². The molecule has 4 aromatic rings. The number of aromatic nitrogens is 3. The van der Waals surface area contributed by atoms with Crippen molar-refractivity contribution >= 4 is 22.6 Å². The summed E-state index contributed by atoms with van der Waals surface area (Å²) in [4.78, 5) is 26.6. The number of hydrogen-bond acceptors (Lipinski definition) is 3. The summed E-state index contributed by atoms with van der Waals surface area (Å²) < 4.78 is 16.9. The zero-order chi connectivity index (χ0) is 22.1. The van der Waals surface area contributed by atoms with Gasteiger partial charge in [0.1, 0.15) is 5.82 Å². The predicted molar refractivity (Wildman–Crippen MR) is 121 cm³/mol. The first-order chi connectivity index (χ1) is 15.6. The van der Waals surface area contributed by atoms with Gasteiger partial charge in [0.15, 0.2) is 5.82 Å². The first kappa shape index (κ1) is 20.0. The van der Waals surface area contributed by atoms with Crippen LogP contribution in [0.15, 0.2) is 71.7 Å². The Balaban J connectivity index is 1.40. The lowest BCUT2D eigenvalue weighted by Gasteiger charge is -2.16. The van der Waals surface area contributed by atoms with Gasteiger partial charge < -0.3 is 10.2 Å². The maximum Gasteiger partial charge on any atom is 0.321 e. The van der Waals surface area contributed by atoms with Crippen LogP contribution < -0.4 is 10.9 Å². The zero-order valence-electron chi connectivity index (χ0n) is 17.4. The van der Waals surface area contributed by atoms with Gasteiger partial charge in [-0.2, -0.15) is 5.10 Å². The van der Waals surface area contributed by atoms with E-state index < -0.39 is 0 Å². The van der Waals surface area contributed by atoms with E-state index in [1.54, 1.807) is 27.8 Å². The molecular formula is C24H22FN5O2. The van der Waals surface area contributed by atoms with Crippen LogP contribution in [0.3, 0.4) is 0 Å². The minimum Gasteiger partial charge on any atom is -0.325 e. The molecule has 0 aliphatic carbocycles. The Bertz CT molecular complexity index is 1350. The van der Waals surface area contributed by atoms with E-state index in [9.17, 15) is 14.0 Å². The maximum absolute atomic E-state index is 13.7. The normalized spacial score (nSPS) is 13.6. The average Bonchev–Trinajstić information content (AvgIpc) is 3.46. The minimum atomic E-state index is -0.335. The van der Waals surface area contributed by atoms with Crippen molar-refractivity contribution < 1.29 is 9.18 Å². The van der Waals surface area contributed by atoms with Crippen molar-refractivity contribution in [1.29, 1.82) is 0 Å². The summed E-state index contributed by atoms with van der Waals surface area (Å²) in [5.74, 6) is 0.183. The van der Waals surface area contributed by atoms with Crippen molar-refractivity contribution in [3.8, 4) is 5.82 Å². The SMILES string of the molecule is O=C(Nc1cccc(Cn2nc(-n3ccc4ccc(F)cc43)ccc2=O)c1)N1CCCC1. The second-order valence-electron chi connectivity index (χ2n) is 7.90. The third kappa shape index (κ3) is 3.99. The molecule has 162 valence electrons. The molecule has 0 spiro atoms. The molecule has 8 heteroatoms. The van der Waals surface area contributed by atoms with Crippen LogP contribution in [0.25, 0.3) is 16.7 Å². The van der Waals surface area contributed by atoms with E-state index in [1.165, 1.54) is 22.9 Å². The van der Waals surface area contributed by atoms with Gasteiger partial charge in [-0.15, -0.1) is 0 Å². The summed E-state index contributed by atoms with van der Waals surface area (Å²) in [6.45, 7) is 1.79. The van der Waals surface area contributed by atoms with Crippen molar-refractivity contribution in [3.63, 3.8) is 0 Å². The topological polar surface area (TPSA) is 72.2 Å². The van der Waals surface area contributed by atoms with E-state index in [2.05, 4.69) is 10.4 Å². The third-order valence-electron chi connectivity index (χ3n) is 5.66. The van der Waals surface area contributed by atoms with Gasteiger partial charge in [0, 0.05) is 36.4 Å². The third-order valence-corrected chi connectivity index (χ3v) is 5.66. The van der Waals surface area contributed by atoms with Gasteiger partial charge in [-0.25, -0.2) is 13.9 Å². The lowest BCUT2D eigenvalue weighted by Crippen LogP contribution is -2.32. The number of anilines is 1. The fourth-order valence-corrected chi connectivity index (χ4v) is 4.02. The number of fused-ring (bicyclic) bond motifs is 1. The smallest absolute Gasteiger partial charge is 0.321 e. The maximum atomic E-state index is 13.7. The number of rotatable bonds is 4. The van der Waals surface area contributed by atoms with Crippen molar-refractivity contribution in [3.05, 3.63) is 88.6 Å². The Morgan fingerprint density at radius 2 is 1.88 bits per heavy atom. The van der Waals surface area contributed by atoms with Crippen molar-refractivity contribution in [2.24, 2.45) is 0 Å². The predicted octanol–water partition coefficient (Wildman–Crippen LogP) is 4.00.